The summed E-state index contributed by atoms with van der Waals surface area (Å²) in [5, 5.41) is 11.1. The Labute approximate surface area is 176 Å². The van der Waals surface area contributed by atoms with Gasteiger partial charge in [0.25, 0.3) is 0 Å². The van der Waals surface area contributed by atoms with Crippen LogP contribution in [0.2, 0.25) is 18.1 Å². The minimum atomic E-state index is -3.29. The van der Waals surface area contributed by atoms with Gasteiger partial charge in [0.05, 0.1) is 4.90 Å². The SMILES string of the molecule is C/C(=C(/c1ccc(S(C)(=O)=O)cc1)C(O)O[Si](C)(C)C(C)(C)C)c1ccccc1. The van der Waals surface area contributed by atoms with Crippen LogP contribution in [0.5, 0.6) is 0 Å². The third kappa shape index (κ3) is 5.66. The Morgan fingerprint density at radius 1 is 0.966 bits per heavy atom. The van der Waals surface area contributed by atoms with Crippen molar-refractivity contribution in [2.24, 2.45) is 0 Å². The highest BCUT2D eigenvalue weighted by molar-refractivity contribution is 7.90. The van der Waals surface area contributed by atoms with E-state index in [0.717, 1.165) is 16.7 Å². The summed E-state index contributed by atoms with van der Waals surface area (Å²) in [5.41, 5.74) is 3.27. The average molecular weight is 433 g/mol. The summed E-state index contributed by atoms with van der Waals surface area (Å²) in [5.74, 6) is 0. The van der Waals surface area contributed by atoms with Gasteiger partial charge in [0, 0.05) is 11.8 Å². The third-order valence-corrected chi connectivity index (χ3v) is 11.2. The van der Waals surface area contributed by atoms with Crippen LogP contribution in [0, 0.1) is 0 Å². The van der Waals surface area contributed by atoms with Crippen LogP contribution in [-0.2, 0) is 14.3 Å². The summed E-state index contributed by atoms with van der Waals surface area (Å²) in [6.45, 7) is 12.5. The molecule has 0 radical (unpaired) electrons. The summed E-state index contributed by atoms with van der Waals surface area (Å²) in [6, 6.07) is 16.4. The van der Waals surface area contributed by atoms with Crippen LogP contribution in [0.1, 0.15) is 38.8 Å². The van der Waals surface area contributed by atoms with E-state index in [1.165, 1.54) is 6.26 Å². The van der Waals surface area contributed by atoms with Crippen molar-refractivity contribution in [1.82, 2.24) is 0 Å². The number of sulfone groups is 1. The summed E-state index contributed by atoms with van der Waals surface area (Å²) < 4.78 is 29.9. The molecule has 0 fully saturated rings. The molecule has 0 amide bonds. The Kier molecular flexibility index (Phi) is 6.95. The maximum atomic E-state index is 11.8. The van der Waals surface area contributed by atoms with Crippen molar-refractivity contribution >= 4 is 29.3 Å². The summed E-state index contributed by atoms with van der Waals surface area (Å²) in [6.07, 6.45) is 0.0730. The molecule has 0 aliphatic rings. The molecule has 29 heavy (non-hydrogen) atoms. The van der Waals surface area contributed by atoms with Gasteiger partial charge >= 0.3 is 0 Å². The van der Waals surface area contributed by atoms with Crippen LogP contribution in [0.3, 0.4) is 0 Å². The largest absolute Gasteiger partial charge is 0.389 e. The molecule has 158 valence electrons. The van der Waals surface area contributed by atoms with Gasteiger partial charge in [-0.15, -0.1) is 0 Å². The lowest BCUT2D eigenvalue weighted by Crippen LogP contribution is -2.44. The molecule has 0 aliphatic carbocycles. The van der Waals surface area contributed by atoms with Crippen molar-refractivity contribution < 1.29 is 18.0 Å². The fraction of sp³-hybridized carbons (Fsp3) is 0.391. The van der Waals surface area contributed by atoms with Crippen molar-refractivity contribution in [3.8, 4) is 0 Å². The first kappa shape index (κ1) is 23.5. The van der Waals surface area contributed by atoms with Gasteiger partial charge in [-0.2, -0.15) is 0 Å². The molecule has 2 aromatic rings. The molecule has 1 N–H and O–H groups in total. The van der Waals surface area contributed by atoms with Gasteiger partial charge in [-0.25, -0.2) is 8.42 Å². The van der Waals surface area contributed by atoms with E-state index in [1.54, 1.807) is 24.3 Å². The lowest BCUT2D eigenvalue weighted by atomic mass is 9.95. The van der Waals surface area contributed by atoms with Crippen molar-refractivity contribution in [2.45, 2.75) is 57.0 Å². The predicted molar refractivity (Wildman–Crippen MR) is 123 cm³/mol. The van der Waals surface area contributed by atoms with Gasteiger partial charge in [0.1, 0.15) is 0 Å². The van der Waals surface area contributed by atoms with Gasteiger partial charge in [-0.3, -0.25) is 0 Å². The van der Waals surface area contributed by atoms with Crippen LogP contribution in [0.15, 0.2) is 59.5 Å². The van der Waals surface area contributed by atoms with Crippen LogP contribution in [0.25, 0.3) is 11.1 Å². The zero-order valence-corrected chi connectivity index (χ0v) is 20.2. The summed E-state index contributed by atoms with van der Waals surface area (Å²) >= 11 is 0. The Hall–Kier alpha value is -1.73. The first-order chi connectivity index (χ1) is 13.2. The molecule has 1 atom stereocenters. The van der Waals surface area contributed by atoms with E-state index < -0.39 is 24.4 Å². The zero-order valence-electron chi connectivity index (χ0n) is 18.4. The number of hydrogen-bond donors (Lipinski definition) is 1. The second kappa shape index (κ2) is 8.56. The highest BCUT2D eigenvalue weighted by Crippen LogP contribution is 2.39. The Morgan fingerprint density at radius 3 is 1.93 bits per heavy atom. The van der Waals surface area contributed by atoms with E-state index in [0.29, 0.717) is 5.57 Å². The quantitative estimate of drug-likeness (QED) is 0.379. The van der Waals surface area contributed by atoms with Crippen molar-refractivity contribution in [3.63, 3.8) is 0 Å². The first-order valence-electron chi connectivity index (χ1n) is 9.66. The maximum Gasteiger partial charge on any atom is 0.195 e. The molecule has 4 nitrogen and oxygen atoms in total. The molecule has 0 saturated heterocycles. The van der Waals surface area contributed by atoms with E-state index in [-0.39, 0.29) is 9.93 Å². The molecule has 6 heteroatoms. The zero-order chi connectivity index (χ0) is 22.0. The van der Waals surface area contributed by atoms with E-state index in [1.807, 2.05) is 37.3 Å². The normalized spacial score (nSPS) is 15.0. The predicted octanol–water partition coefficient (Wildman–Crippen LogP) is 5.36. The molecule has 0 heterocycles. The molecular weight excluding hydrogens is 400 g/mol. The van der Waals surface area contributed by atoms with E-state index in [9.17, 15) is 13.5 Å². The fourth-order valence-corrected chi connectivity index (χ4v) is 4.44. The Balaban J connectivity index is 2.58. The smallest absolute Gasteiger partial charge is 0.195 e. The first-order valence-corrected chi connectivity index (χ1v) is 14.5. The third-order valence-electron chi connectivity index (χ3n) is 5.66. The number of aliphatic hydroxyl groups excluding tert-OH is 1. The van der Waals surface area contributed by atoms with Crippen molar-refractivity contribution in [3.05, 3.63) is 65.7 Å². The molecule has 0 saturated carbocycles. The van der Waals surface area contributed by atoms with Crippen LogP contribution in [0.4, 0.5) is 0 Å². The molecule has 1 unspecified atom stereocenters. The van der Waals surface area contributed by atoms with Gasteiger partial charge in [-0.1, -0.05) is 63.2 Å². The summed E-state index contributed by atoms with van der Waals surface area (Å²) in [4.78, 5) is 0.248. The minimum Gasteiger partial charge on any atom is -0.389 e. The lowest BCUT2D eigenvalue weighted by molar-refractivity contribution is 0.0220. The number of allylic oxidation sites excluding steroid dienone is 1. The second-order valence-corrected chi connectivity index (χ2v) is 15.7. The number of rotatable bonds is 6. The summed E-state index contributed by atoms with van der Waals surface area (Å²) in [7, 11) is -5.52. The Bertz CT molecular complexity index is 970. The minimum absolute atomic E-state index is 0.0557. The fourth-order valence-electron chi connectivity index (χ4n) is 2.78. The van der Waals surface area contributed by atoms with Gasteiger partial charge < -0.3 is 9.53 Å². The topological polar surface area (TPSA) is 63.6 Å². The monoisotopic (exact) mass is 432 g/mol. The molecule has 0 spiro atoms. The van der Waals surface area contributed by atoms with Crippen LogP contribution < -0.4 is 0 Å². The van der Waals surface area contributed by atoms with Crippen LogP contribution in [-0.4, -0.2) is 34.4 Å². The molecule has 0 aromatic heterocycles. The van der Waals surface area contributed by atoms with Crippen LogP contribution >= 0.6 is 0 Å². The lowest BCUT2D eigenvalue weighted by Gasteiger charge is -2.38. The van der Waals surface area contributed by atoms with Gasteiger partial charge in [0.2, 0.25) is 0 Å². The maximum absolute atomic E-state index is 11.8. The highest BCUT2D eigenvalue weighted by Gasteiger charge is 2.40. The highest BCUT2D eigenvalue weighted by atomic mass is 32.2. The molecular formula is C23H32O4SSi. The Morgan fingerprint density at radius 2 is 1.48 bits per heavy atom. The molecule has 0 bridgehead atoms. The van der Waals surface area contributed by atoms with E-state index in [4.69, 9.17) is 4.43 Å². The van der Waals surface area contributed by atoms with Crippen molar-refractivity contribution in [1.29, 1.82) is 0 Å². The molecule has 2 aromatic carbocycles. The standard InChI is InChI=1S/C23H32O4SSi/c1-17(18-11-9-8-10-12-18)21(22(24)27-29(6,7)23(2,3)4)19-13-15-20(16-14-19)28(5,25)26/h8-16,22,24H,1-7H3/b21-17+. The van der Waals surface area contributed by atoms with E-state index in [2.05, 4.69) is 33.9 Å². The van der Waals surface area contributed by atoms with Gasteiger partial charge in [-0.05, 0) is 53.9 Å². The van der Waals surface area contributed by atoms with E-state index >= 15 is 0 Å². The van der Waals surface area contributed by atoms with Gasteiger partial charge in [0.15, 0.2) is 24.4 Å². The molecule has 0 aliphatic heterocycles. The number of hydrogen-bond acceptors (Lipinski definition) is 4. The average Bonchev–Trinajstić information content (AvgIpc) is 2.61. The number of aliphatic hydroxyl groups is 1. The number of benzene rings is 2. The second-order valence-electron chi connectivity index (χ2n) is 8.93. The molecule has 2 rings (SSSR count). The van der Waals surface area contributed by atoms with Crippen molar-refractivity contribution in [2.75, 3.05) is 6.26 Å².